The number of hydrogen-bond donors (Lipinski definition) is 2. The Morgan fingerprint density at radius 3 is 2.65 bits per heavy atom. The lowest BCUT2D eigenvalue weighted by Gasteiger charge is -2.35. The molecule has 1 atom stereocenters. The number of H-pyrrole nitrogens is 1. The van der Waals surface area contributed by atoms with E-state index in [1.165, 1.54) is 0 Å². The summed E-state index contributed by atoms with van der Waals surface area (Å²) in [5.41, 5.74) is 5.32. The standard InChI is InChI=1S/C25H23ClN8/c26-19-6-4-17(5-7-19)25-18(12-31-33-25)16-34-10-2-1-3-23(34)22-14-30-24(15-29-22)32-21-9-8-20(11-27)28-13-21/h4-9,12-15,23H,1-3,10,16H2,(H,30,32)(H,31,33). The summed E-state index contributed by atoms with van der Waals surface area (Å²) in [6.45, 7) is 1.77. The van der Waals surface area contributed by atoms with Crippen LogP contribution in [0.3, 0.4) is 0 Å². The van der Waals surface area contributed by atoms with Gasteiger partial charge in [-0.15, -0.1) is 0 Å². The van der Waals surface area contributed by atoms with Crippen molar-refractivity contribution in [2.45, 2.75) is 31.8 Å². The van der Waals surface area contributed by atoms with Crippen molar-refractivity contribution < 1.29 is 0 Å². The van der Waals surface area contributed by atoms with E-state index < -0.39 is 0 Å². The largest absolute Gasteiger partial charge is 0.338 e. The Kier molecular flexibility index (Phi) is 6.47. The van der Waals surface area contributed by atoms with E-state index in [9.17, 15) is 0 Å². The summed E-state index contributed by atoms with van der Waals surface area (Å²) >= 11 is 6.06. The maximum atomic E-state index is 8.89. The Balaban J connectivity index is 1.31. The molecule has 1 fully saturated rings. The van der Waals surface area contributed by atoms with Crippen LogP contribution < -0.4 is 5.32 Å². The smallest absolute Gasteiger partial charge is 0.148 e. The summed E-state index contributed by atoms with van der Waals surface area (Å²) in [5, 5.41) is 20.2. The van der Waals surface area contributed by atoms with E-state index in [2.05, 4.69) is 30.4 Å². The Morgan fingerprint density at radius 1 is 1.03 bits per heavy atom. The van der Waals surface area contributed by atoms with Gasteiger partial charge in [-0.1, -0.05) is 30.2 Å². The fourth-order valence-corrected chi connectivity index (χ4v) is 4.41. The molecule has 0 saturated carbocycles. The van der Waals surface area contributed by atoms with Crippen LogP contribution in [0.4, 0.5) is 11.5 Å². The van der Waals surface area contributed by atoms with Crippen molar-refractivity contribution in [3.05, 3.63) is 83.2 Å². The number of likely N-dealkylation sites (tertiary alicyclic amines) is 1. The number of anilines is 2. The molecule has 0 radical (unpaired) electrons. The van der Waals surface area contributed by atoms with Crippen LogP contribution in [0.25, 0.3) is 11.3 Å². The van der Waals surface area contributed by atoms with Crippen LogP contribution >= 0.6 is 11.6 Å². The molecule has 170 valence electrons. The van der Waals surface area contributed by atoms with Crippen LogP contribution in [0, 0.1) is 11.3 Å². The molecule has 0 aliphatic carbocycles. The summed E-state index contributed by atoms with van der Waals surface area (Å²) in [6.07, 6.45) is 10.5. The highest BCUT2D eigenvalue weighted by atomic mass is 35.5. The summed E-state index contributed by atoms with van der Waals surface area (Å²) < 4.78 is 0. The second-order valence-corrected chi connectivity index (χ2v) is 8.69. The molecule has 1 aromatic carbocycles. The number of benzene rings is 1. The van der Waals surface area contributed by atoms with Crippen molar-refractivity contribution in [2.24, 2.45) is 0 Å². The molecule has 1 aliphatic heterocycles. The van der Waals surface area contributed by atoms with Gasteiger partial charge in [-0.3, -0.25) is 15.0 Å². The van der Waals surface area contributed by atoms with E-state index in [0.29, 0.717) is 16.5 Å². The number of piperidine rings is 1. The summed E-state index contributed by atoms with van der Waals surface area (Å²) in [4.78, 5) is 15.8. The monoisotopic (exact) mass is 470 g/mol. The molecule has 34 heavy (non-hydrogen) atoms. The van der Waals surface area contributed by atoms with Crippen LogP contribution in [0.2, 0.25) is 5.02 Å². The highest BCUT2D eigenvalue weighted by Crippen LogP contribution is 2.33. The number of rotatable bonds is 6. The van der Waals surface area contributed by atoms with Gasteiger partial charge in [0.05, 0.1) is 47.9 Å². The quantitative estimate of drug-likeness (QED) is 0.396. The minimum atomic E-state index is 0.194. The van der Waals surface area contributed by atoms with E-state index in [-0.39, 0.29) is 6.04 Å². The number of nitrogens with zero attached hydrogens (tertiary/aromatic N) is 6. The third-order valence-corrected chi connectivity index (χ3v) is 6.25. The zero-order valence-electron chi connectivity index (χ0n) is 18.4. The second-order valence-electron chi connectivity index (χ2n) is 8.25. The zero-order chi connectivity index (χ0) is 23.3. The minimum Gasteiger partial charge on any atom is -0.338 e. The summed E-state index contributed by atoms with van der Waals surface area (Å²) in [5.74, 6) is 0.637. The lowest BCUT2D eigenvalue weighted by atomic mass is 9.98. The maximum absolute atomic E-state index is 8.89. The Labute approximate surface area is 202 Å². The van der Waals surface area contributed by atoms with Crippen molar-refractivity contribution in [1.29, 1.82) is 5.26 Å². The van der Waals surface area contributed by atoms with Crippen LogP contribution in [-0.2, 0) is 6.54 Å². The third-order valence-electron chi connectivity index (χ3n) is 6.00. The Bertz CT molecular complexity index is 1280. The molecule has 8 nitrogen and oxygen atoms in total. The van der Waals surface area contributed by atoms with E-state index in [4.69, 9.17) is 21.8 Å². The first-order valence-corrected chi connectivity index (χ1v) is 11.5. The zero-order valence-corrected chi connectivity index (χ0v) is 19.2. The molecule has 4 heterocycles. The van der Waals surface area contributed by atoms with Crippen LogP contribution in [0.5, 0.6) is 0 Å². The van der Waals surface area contributed by atoms with Crippen molar-refractivity contribution in [2.75, 3.05) is 11.9 Å². The van der Waals surface area contributed by atoms with Gasteiger partial charge in [-0.05, 0) is 49.2 Å². The molecule has 0 bridgehead atoms. The Hall–Kier alpha value is -3.80. The molecule has 4 aromatic rings. The van der Waals surface area contributed by atoms with Gasteiger partial charge in [0.25, 0.3) is 0 Å². The number of pyridine rings is 1. The average molecular weight is 471 g/mol. The molecule has 1 unspecified atom stereocenters. The fourth-order valence-electron chi connectivity index (χ4n) is 4.29. The number of nitrogens with one attached hydrogen (secondary N) is 2. The highest BCUT2D eigenvalue weighted by molar-refractivity contribution is 6.30. The van der Waals surface area contributed by atoms with Gasteiger partial charge in [0.15, 0.2) is 0 Å². The molecule has 9 heteroatoms. The van der Waals surface area contributed by atoms with Gasteiger partial charge in [0, 0.05) is 17.1 Å². The van der Waals surface area contributed by atoms with E-state index in [1.807, 2.05) is 42.7 Å². The molecule has 1 aliphatic rings. The van der Waals surface area contributed by atoms with Crippen molar-refractivity contribution in [3.63, 3.8) is 0 Å². The van der Waals surface area contributed by atoms with Crippen molar-refractivity contribution >= 4 is 23.1 Å². The maximum Gasteiger partial charge on any atom is 0.148 e. The van der Waals surface area contributed by atoms with E-state index in [0.717, 1.165) is 60.6 Å². The van der Waals surface area contributed by atoms with Gasteiger partial charge in [0.1, 0.15) is 17.6 Å². The summed E-state index contributed by atoms with van der Waals surface area (Å²) in [6, 6.07) is 13.5. The van der Waals surface area contributed by atoms with Gasteiger partial charge in [0.2, 0.25) is 0 Å². The number of hydrogen-bond acceptors (Lipinski definition) is 7. The molecule has 5 rings (SSSR count). The first kappa shape index (κ1) is 22.0. The first-order chi connectivity index (χ1) is 16.7. The van der Waals surface area contributed by atoms with E-state index in [1.54, 1.807) is 24.5 Å². The number of aromatic amines is 1. The number of nitriles is 1. The summed E-state index contributed by atoms with van der Waals surface area (Å²) in [7, 11) is 0. The van der Waals surface area contributed by atoms with E-state index >= 15 is 0 Å². The first-order valence-electron chi connectivity index (χ1n) is 11.2. The predicted octanol–water partition coefficient (Wildman–Crippen LogP) is 5.26. The highest BCUT2D eigenvalue weighted by Gasteiger charge is 2.26. The van der Waals surface area contributed by atoms with Crippen LogP contribution in [0.1, 0.15) is 42.3 Å². The van der Waals surface area contributed by atoms with Gasteiger partial charge in [-0.25, -0.2) is 9.97 Å². The molecule has 1 saturated heterocycles. The predicted molar refractivity (Wildman–Crippen MR) is 130 cm³/mol. The molecule has 2 N–H and O–H groups in total. The molecule has 0 amide bonds. The number of aromatic nitrogens is 5. The Morgan fingerprint density at radius 2 is 1.91 bits per heavy atom. The van der Waals surface area contributed by atoms with Gasteiger partial charge < -0.3 is 5.32 Å². The average Bonchev–Trinajstić information content (AvgIpc) is 3.34. The molecule has 0 spiro atoms. The van der Waals surface area contributed by atoms with Gasteiger partial charge >= 0.3 is 0 Å². The fraction of sp³-hybridized carbons (Fsp3) is 0.240. The second kappa shape index (κ2) is 10.00. The normalized spacial score (nSPS) is 16.2. The number of halogens is 1. The van der Waals surface area contributed by atoms with Crippen LogP contribution in [0.15, 0.2) is 61.2 Å². The molecular formula is C25H23ClN8. The van der Waals surface area contributed by atoms with Gasteiger partial charge in [-0.2, -0.15) is 10.4 Å². The lowest BCUT2D eigenvalue weighted by molar-refractivity contribution is 0.137. The molecule has 3 aromatic heterocycles. The molecular weight excluding hydrogens is 448 g/mol. The van der Waals surface area contributed by atoms with Crippen molar-refractivity contribution in [1.82, 2.24) is 30.0 Å². The SMILES string of the molecule is N#Cc1ccc(Nc2cnc(C3CCCCN3Cc3cn[nH]c3-c3ccc(Cl)cc3)cn2)cn1. The third kappa shape index (κ3) is 4.91. The lowest BCUT2D eigenvalue weighted by Crippen LogP contribution is -2.33. The van der Waals surface area contributed by atoms with Crippen molar-refractivity contribution in [3.8, 4) is 17.3 Å². The van der Waals surface area contributed by atoms with Crippen LogP contribution in [-0.4, -0.2) is 36.6 Å². The minimum absolute atomic E-state index is 0.194. The topological polar surface area (TPSA) is 106 Å².